The van der Waals surface area contributed by atoms with Crippen molar-refractivity contribution in [3.63, 3.8) is 0 Å². The Morgan fingerprint density at radius 2 is 2.00 bits per heavy atom. The zero-order valence-corrected chi connectivity index (χ0v) is 14.6. The van der Waals surface area contributed by atoms with E-state index in [9.17, 15) is 4.79 Å². The minimum Gasteiger partial charge on any atom is -0.479 e. The first-order valence-electron chi connectivity index (χ1n) is 8.48. The average molecular weight is 344 g/mol. The minimum atomic E-state index is -0.543. The Kier molecular flexibility index (Phi) is 5.41. The largest absolute Gasteiger partial charge is 0.479 e. The van der Waals surface area contributed by atoms with Crippen molar-refractivity contribution in [3.8, 4) is 5.75 Å². The van der Waals surface area contributed by atoms with Crippen molar-refractivity contribution in [2.24, 2.45) is 0 Å². The number of rotatable bonds is 5. The zero-order valence-electron chi connectivity index (χ0n) is 13.8. The van der Waals surface area contributed by atoms with Gasteiger partial charge in [-0.3, -0.25) is 4.79 Å². The van der Waals surface area contributed by atoms with Crippen LogP contribution in [0.2, 0.25) is 5.02 Å². The van der Waals surface area contributed by atoms with Crippen molar-refractivity contribution in [1.82, 2.24) is 5.32 Å². The van der Waals surface area contributed by atoms with Crippen LogP contribution < -0.4 is 10.1 Å². The summed E-state index contributed by atoms with van der Waals surface area (Å²) in [6, 6.07) is 15.6. The van der Waals surface area contributed by atoms with Crippen LogP contribution in [-0.4, -0.2) is 12.0 Å². The van der Waals surface area contributed by atoms with Crippen LogP contribution in [0, 0.1) is 0 Å². The van der Waals surface area contributed by atoms with Gasteiger partial charge in [0.25, 0.3) is 5.91 Å². The van der Waals surface area contributed by atoms with Gasteiger partial charge in [-0.05, 0) is 48.9 Å². The molecule has 2 atom stereocenters. The first kappa shape index (κ1) is 16.8. The van der Waals surface area contributed by atoms with Gasteiger partial charge in [0, 0.05) is 0 Å². The molecule has 1 aliphatic rings. The molecular formula is C20H22ClNO2. The summed E-state index contributed by atoms with van der Waals surface area (Å²) in [5, 5.41) is 3.68. The molecule has 2 aromatic rings. The second-order valence-electron chi connectivity index (χ2n) is 6.10. The van der Waals surface area contributed by atoms with Gasteiger partial charge in [-0.2, -0.15) is 0 Å². The van der Waals surface area contributed by atoms with E-state index in [4.69, 9.17) is 16.3 Å². The number of aryl methyl sites for hydroxylation is 1. The number of hydrogen-bond donors (Lipinski definition) is 1. The summed E-state index contributed by atoms with van der Waals surface area (Å²) in [5.41, 5.74) is 2.55. The molecule has 126 valence electrons. The average Bonchev–Trinajstić information content (AvgIpc) is 2.61. The second kappa shape index (κ2) is 7.71. The molecule has 2 aromatic carbocycles. The Morgan fingerprint density at radius 3 is 2.79 bits per heavy atom. The van der Waals surface area contributed by atoms with E-state index < -0.39 is 6.10 Å². The molecule has 0 fully saturated rings. The number of carbonyl (C=O) groups is 1. The molecule has 0 saturated carbocycles. The number of para-hydroxylation sites is 1. The maximum absolute atomic E-state index is 12.7. The first-order valence-corrected chi connectivity index (χ1v) is 8.86. The third kappa shape index (κ3) is 3.73. The highest BCUT2D eigenvalue weighted by Gasteiger charge is 2.26. The summed E-state index contributed by atoms with van der Waals surface area (Å²) in [6.45, 7) is 1.94. The number of amides is 1. The van der Waals surface area contributed by atoms with Gasteiger partial charge < -0.3 is 10.1 Å². The van der Waals surface area contributed by atoms with E-state index in [1.165, 1.54) is 11.1 Å². The van der Waals surface area contributed by atoms with Gasteiger partial charge in [-0.1, -0.05) is 54.9 Å². The van der Waals surface area contributed by atoms with Gasteiger partial charge in [0.05, 0.1) is 11.1 Å². The van der Waals surface area contributed by atoms with Gasteiger partial charge in [0.1, 0.15) is 5.75 Å². The van der Waals surface area contributed by atoms with Crippen LogP contribution >= 0.6 is 11.6 Å². The van der Waals surface area contributed by atoms with E-state index >= 15 is 0 Å². The lowest BCUT2D eigenvalue weighted by molar-refractivity contribution is -0.129. The van der Waals surface area contributed by atoms with Crippen LogP contribution in [0.4, 0.5) is 0 Å². The zero-order chi connectivity index (χ0) is 16.9. The highest BCUT2D eigenvalue weighted by Crippen LogP contribution is 2.30. The Hall–Kier alpha value is -2.00. The van der Waals surface area contributed by atoms with Gasteiger partial charge in [0.15, 0.2) is 6.10 Å². The highest BCUT2D eigenvalue weighted by molar-refractivity contribution is 6.32. The van der Waals surface area contributed by atoms with Gasteiger partial charge >= 0.3 is 0 Å². The standard InChI is InChI=1S/C20H22ClNO2/c1-2-18(24-19-13-6-5-11-16(19)21)20(23)22-17-12-7-9-14-8-3-4-10-15(14)17/h3-6,8,10-11,13,17-18H,2,7,9,12H2,1H3,(H,22,23)/t17-,18+/m0/s1. The van der Waals surface area contributed by atoms with E-state index in [-0.39, 0.29) is 11.9 Å². The van der Waals surface area contributed by atoms with E-state index in [1.54, 1.807) is 12.1 Å². The van der Waals surface area contributed by atoms with E-state index in [0.717, 1.165) is 19.3 Å². The molecule has 0 heterocycles. The highest BCUT2D eigenvalue weighted by atomic mass is 35.5. The summed E-state index contributed by atoms with van der Waals surface area (Å²) in [5.74, 6) is 0.462. The fraction of sp³-hybridized carbons (Fsp3) is 0.350. The molecule has 0 aromatic heterocycles. The normalized spacial score (nSPS) is 17.7. The van der Waals surface area contributed by atoms with Crippen LogP contribution in [0.5, 0.6) is 5.75 Å². The third-order valence-electron chi connectivity index (χ3n) is 4.46. The molecule has 0 saturated heterocycles. The van der Waals surface area contributed by atoms with Crippen molar-refractivity contribution in [2.45, 2.75) is 44.8 Å². The summed E-state index contributed by atoms with van der Waals surface area (Å²) in [4.78, 5) is 12.7. The number of ether oxygens (including phenoxy) is 1. The molecule has 1 aliphatic carbocycles. The molecule has 3 rings (SSSR count). The lowest BCUT2D eigenvalue weighted by atomic mass is 9.87. The predicted molar refractivity (Wildman–Crippen MR) is 96.4 cm³/mol. The van der Waals surface area contributed by atoms with Crippen molar-refractivity contribution in [1.29, 1.82) is 0 Å². The lowest BCUT2D eigenvalue weighted by Gasteiger charge is -2.28. The topological polar surface area (TPSA) is 38.3 Å². The van der Waals surface area contributed by atoms with Gasteiger partial charge in [-0.15, -0.1) is 0 Å². The van der Waals surface area contributed by atoms with Crippen molar-refractivity contribution >= 4 is 17.5 Å². The van der Waals surface area contributed by atoms with Gasteiger partial charge in [0.2, 0.25) is 0 Å². The van der Waals surface area contributed by atoms with Crippen molar-refractivity contribution < 1.29 is 9.53 Å². The van der Waals surface area contributed by atoms with Crippen LogP contribution in [0.1, 0.15) is 43.4 Å². The van der Waals surface area contributed by atoms with E-state index in [1.807, 2.05) is 25.1 Å². The maximum Gasteiger partial charge on any atom is 0.261 e. The molecule has 0 spiro atoms. The second-order valence-corrected chi connectivity index (χ2v) is 6.50. The van der Waals surface area contributed by atoms with Crippen LogP contribution in [0.25, 0.3) is 0 Å². The maximum atomic E-state index is 12.7. The number of fused-ring (bicyclic) bond motifs is 1. The number of hydrogen-bond acceptors (Lipinski definition) is 2. The van der Waals surface area contributed by atoms with Crippen molar-refractivity contribution in [3.05, 3.63) is 64.7 Å². The summed E-state index contributed by atoms with van der Waals surface area (Å²) >= 11 is 6.13. The van der Waals surface area contributed by atoms with Crippen LogP contribution in [0.3, 0.4) is 0 Å². The monoisotopic (exact) mass is 343 g/mol. The molecule has 0 bridgehead atoms. The van der Waals surface area contributed by atoms with Gasteiger partial charge in [-0.25, -0.2) is 0 Å². The molecular weight excluding hydrogens is 322 g/mol. The summed E-state index contributed by atoms with van der Waals surface area (Å²) in [7, 11) is 0. The molecule has 1 N–H and O–H groups in total. The predicted octanol–water partition coefficient (Wildman–Crippen LogP) is 4.69. The smallest absolute Gasteiger partial charge is 0.261 e. The van der Waals surface area contributed by atoms with Crippen LogP contribution in [0.15, 0.2) is 48.5 Å². The first-order chi connectivity index (χ1) is 11.7. The summed E-state index contributed by atoms with van der Waals surface area (Å²) < 4.78 is 5.84. The SMILES string of the molecule is CC[C@@H](Oc1ccccc1Cl)C(=O)N[C@H]1CCCc2ccccc21. The third-order valence-corrected chi connectivity index (χ3v) is 4.77. The molecule has 3 nitrogen and oxygen atoms in total. The Balaban J connectivity index is 1.71. The lowest BCUT2D eigenvalue weighted by Crippen LogP contribution is -2.41. The summed E-state index contributed by atoms with van der Waals surface area (Å²) in [6.07, 6.45) is 3.18. The number of halogens is 1. The number of carbonyl (C=O) groups excluding carboxylic acids is 1. The van der Waals surface area contributed by atoms with E-state index in [2.05, 4.69) is 23.5 Å². The number of benzene rings is 2. The van der Waals surface area contributed by atoms with Crippen LogP contribution in [-0.2, 0) is 11.2 Å². The molecule has 0 radical (unpaired) electrons. The Labute approximate surface area is 148 Å². The van der Waals surface area contributed by atoms with Crippen molar-refractivity contribution in [2.75, 3.05) is 0 Å². The van der Waals surface area contributed by atoms with E-state index in [0.29, 0.717) is 17.2 Å². The molecule has 0 unspecified atom stereocenters. The molecule has 4 heteroatoms. The number of nitrogens with one attached hydrogen (secondary N) is 1. The Bertz CT molecular complexity index is 716. The quantitative estimate of drug-likeness (QED) is 0.855. The molecule has 24 heavy (non-hydrogen) atoms. The fourth-order valence-electron chi connectivity index (χ4n) is 3.18. The molecule has 0 aliphatic heterocycles. The molecule has 1 amide bonds. The Morgan fingerprint density at radius 1 is 1.25 bits per heavy atom. The minimum absolute atomic E-state index is 0.0614. The fourth-order valence-corrected chi connectivity index (χ4v) is 3.36.